The molecule has 0 radical (unpaired) electrons. The van der Waals surface area contributed by atoms with Crippen molar-refractivity contribution in [3.63, 3.8) is 0 Å². The zero-order valence-corrected chi connectivity index (χ0v) is 11.4. The normalized spacial score (nSPS) is 20.2. The van der Waals surface area contributed by atoms with Crippen LogP contribution in [0.4, 0.5) is 11.5 Å². The van der Waals surface area contributed by atoms with Crippen LogP contribution in [0.2, 0.25) is 0 Å². The highest BCUT2D eigenvalue weighted by Gasteiger charge is 2.21. The fourth-order valence-electron chi connectivity index (χ4n) is 2.59. The second-order valence-corrected chi connectivity index (χ2v) is 5.23. The lowest BCUT2D eigenvalue weighted by Crippen LogP contribution is -2.35. The van der Waals surface area contributed by atoms with Gasteiger partial charge < -0.3 is 10.2 Å². The molecule has 1 saturated heterocycles. The molecular weight excluding hydrogens is 244 g/mol. The number of likely N-dealkylation sites (tertiary alicyclic amines) is 1. The van der Waals surface area contributed by atoms with Gasteiger partial charge in [0.15, 0.2) is 0 Å². The summed E-state index contributed by atoms with van der Waals surface area (Å²) in [4.78, 5) is 17.1. The van der Waals surface area contributed by atoms with Gasteiger partial charge in [-0.2, -0.15) is 0 Å². The zero-order chi connectivity index (χ0) is 13.8. The molecule has 0 bridgehead atoms. The highest BCUT2D eigenvalue weighted by Crippen LogP contribution is 2.26. The summed E-state index contributed by atoms with van der Waals surface area (Å²) in [6.45, 7) is 4.65. The van der Waals surface area contributed by atoms with Gasteiger partial charge in [0, 0.05) is 24.8 Å². The van der Waals surface area contributed by atoms with Crippen molar-refractivity contribution in [2.45, 2.75) is 19.8 Å². The van der Waals surface area contributed by atoms with E-state index >= 15 is 0 Å². The lowest BCUT2D eigenvalue weighted by molar-refractivity contribution is -0.384. The van der Waals surface area contributed by atoms with Crippen molar-refractivity contribution in [1.29, 1.82) is 0 Å². The minimum Gasteiger partial charge on any atom is -0.364 e. The molecule has 1 aromatic rings. The van der Waals surface area contributed by atoms with Gasteiger partial charge in [-0.05, 0) is 45.3 Å². The molecule has 1 aliphatic rings. The van der Waals surface area contributed by atoms with Crippen molar-refractivity contribution in [1.82, 2.24) is 9.88 Å². The molecule has 6 heteroatoms. The largest absolute Gasteiger partial charge is 0.364 e. The van der Waals surface area contributed by atoms with E-state index in [0.29, 0.717) is 17.3 Å². The van der Waals surface area contributed by atoms with Gasteiger partial charge in [0.2, 0.25) is 5.82 Å². The van der Waals surface area contributed by atoms with Gasteiger partial charge in [-0.15, -0.1) is 0 Å². The Hall–Kier alpha value is -1.69. The summed E-state index contributed by atoms with van der Waals surface area (Å²) in [6, 6.07) is 1.66. The standard InChI is InChI=1S/C13H20N4O2/c1-10-5-6-14-13(12(10)17(18)19)15-8-11-4-3-7-16(2)9-11/h5-6,11H,3-4,7-9H2,1-2H3,(H,14,15). The van der Waals surface area contributed by atoms with Gasteiger partial charge in [-0.25, -0.2) is 4.98 Å². The minimum atomic E-state index is -0.363. The minimum absolute atomic E-state index is 0.0895. The van der Waals surface area contributed by atoms with E-state index in [-0.39, 0.29) is 10.6 Å². The van der Waals surface area contributed by atoms with E-state index in [9.17, 15) is 10.1 Å². The lowest BCUT2D eigenvalue weighted by Gasteiger charge is -2.29. The summed E-state index contributed by atoms with van der Waals surface area (Å²) < 4.78 is 0. The average Bonchev–Trinajstić information content (AvgIpc) is 2.36. The number of aryl methyl sites for hydroxylation is 1. The van der Waals surface area contributed by atoms with Crippen LogP contribution in [-0.2, 0) is 0 Å². The highest BCUT2D eigenvalue weighted by molar-refractivity contribution is 5.59. The quantitative estimate of drug-likeness (QED) is 0.665. The van der Waals surface area contributed by atoms with Crippen LogP contribution in [0, 0.1) is 23.0 Å². The SMILES string of the molecule is Cc1ccnc(NCC2CCCN(C)C2)c1[N+](=O)[O-]. The van der Waals surface area contributed by atoms with Crippen LogP contribution in [0.25, 0.3) is 0 Å². The Bertz CT molecular complexity index is 464. The van der Waals surface area contributed by atoms with Gasteiger partial charge >= 0.3 is 5.69 Å². The second-order valence-electron chi connectivity index (χ2n) is 5.23. The van der Waals surface area contributed by atoms with Crippen LogP contribution >= 0.6 is 0 Å². The van der Waals surface area contributed by atoms with E-state index in [1.54, 1.807) is 19.2 Å². The molecule has 0 amide bonds. The number of nitrogens with zero attached hydrogens (tertiary/aromatic N) is 3. The van der Waals surface area contributed by atoms with E-state index in [4.69, 9.17) is 0 Å². The predicted molar refractivity (Wildman–Crippen MR) is 74.3 cm³/mol. The zero-order valence-electron chi connectivity index (χ0n) is 11.4. The molecule has 1 fully saturated rings. The molecule has 0 saturated carbocycles. The van der Waals surface area contributed by atoms with Crippen LogP contribution < -0.4 is 5.32 Å². The van der Waals surface area contributed by atoms with Crippen molar-refractivity contribution < 1.29 is 4.92 Å². The van der Waals surface area contributed by atoms with Crippen LogP contribution in [0.3, 0.4) is 0 Å². The summed E-state index contributed by atoms with van der Waals surface area (Å²) in [7, 11) is 2.11. The molecule has 1 aromatic heterocycles. The molecule has 6 nitrogen and oxygen atoms in total. The van der Waals surface area contributed by atoms with E-state index < -0.39 is 0 Å². The van der Waals surface area contributed by atoms with Crippen molar-refractivity contribution in [3.05, 3.63) is 27.9 Å². The third-order valence-corrected chi connectivity index (χ3v) is 3.59. The maximum absolute atomic E-state index is 11.1. The Labute approximate surface area is 113 Å². The maximum Gasteiger partial charge on any atom is 0.314 e. The maximum atomic E-state index is 11.1. The fraction of sp³-hybridized carbons (Fsp3) is 0.615. The summed E-state index contributed by atoms with van der Waals surface area (Å²) in [5, 5.41) is 14.2. The Morgan fingerprint density at radius 3 is 3.11 bits per heavy atom. The molecule has 0 aliphatic carbocycles. The lowest BCUT2D eigenvalue weighted by atomic mass is 9.98. The molecule has 1 unspecified atom stereocenters. The van der Waals surface area contributed by atoms with Crippen LogP contribution in [0.15, 0.2) is 12.3 Å². The number of aromatic nitrogens is 1. The molecule has 19 heavy (non-hydrogen) atoms. The van der Waals surface area contributed by atoms with Crippen molar-refractivity contribution in [2.75, 3.05) is 32.0 Å². The molecule has 2 rings (SSSR count). The van der Waals surface area contributed by atoms with Gasteiger partial charge in [-0.3, -0.25) is 10.1 Å². The monoisotopic (exact) mass is 264 g/mol. The smallest absolute Gasteiger partial charge is 0.314 e. The molecule has 0 spiro atoms. The molecule has 1 N–H and O–H groups in total. The molecule has 2 heterocycles. The molecular formula is C13H20N4O2. The first kappa shape index (κ1) is 13.7. The number of hydrogen-bond acceptors (Lipinski definition) is 5. The van der Waals surface area contributed by atoms with E-state index in [1.165, 1.54) is 6.42 Å². The Morgan fingerprint density at radius 2 is 2.42 bits per heavy atom. The number of nitrogens with one attached hydrogen (secondary N) is 1. The summed E-state index contributed by atoms with van der Waals surface area (Å²) >= 11 is 0. The third-order valence-electron chi connectivity index (χ3n) is 3.59. The topological polar surface area (TPSA) is 71.3 Å². The number of pyridine rings is 1. The highest BCUT2D eigenvalue weighted by atomic mass is 16.6. The second kappa shape index (κ2) is 5.97. The van der Waals surface area contributed by atoms with Gasteiger partial charge in [0.05, 0.1) is 4.92 Å². The number of nitro groups is 1. The van der Waals surface area contributed by atoms with Crippen LogP contribution in [0.5, 0.6) is 0 Å². The van der Waals surface area contributed by atoms with Crippen molar-refractivity contribution in [2.24, 2.45) is 5.92 Å². The average molecular weight is 264 g/mol. The van der Waals surface area contributed by atoms with E-state index in [1.807, 2.05) is 0 Å². The van der Waals surface area contributed by atoms with Crippen molar-refractivity contribution in [3.8, 4) is 0 Å². The number of anilines is 1. The number of hydrogen-bond donors (Lipinski definition) is 1. The van der Waals surface area contributed by atoms with Crippen LogP contribution in [0.1, 0.15) is 18.4 Å². The van der Waals surface area contributed by atoms with E-state index in [0.717, 1.165) is 26.1 Å². The first-order valence-corrected chi connectivity index (χ1v) is 6.60. The molecule has 1 atom stereocenters. The summed E-state index contributed by atoms with van der Waals surface area (Å²) in [6.07, 6.45) is 3.96. The third kappa shape index (κ3) is 3.41. The first-order chi connectivity index (χ1) is 9.08. The number of rotatable bonds is 4. The molecule has 0 aromatic carbocycles. The Morgan fingerprint density at radius 1 is 1.63 bits per heavy atom. The molecule has 1 aliphatic heterocycles. The van der Waals surface area contributed by atoms with Crippen LogP contribution in [-0.4, -0.2) is 41.5 Å². The first-order valence-electron chi connectivity index (χ1n) is 6.60. The van der Waals surface area contributed by atoms with E-state index in [2.05, 4.69) is 22.2 Å². The van der Waals surface area contributed by atoms with Gasteiger partial charge in [0.25, 0.3) is 0 Å². The predicted octanol–water partition coefficient (Wildman–Crippen LogP) is 2.05. The van der Waals surface area contributed by atoms with Gasteiger partial charge in [-0.1, -0.05) is 0 Å². The summed E-state index contributed by atoms with van der Waals surface area (Å²) in [5.74, 6) is 0.916. The fourth-order valence-corrected chi connectivity index (χ4v) is 2.59. The Kier molecular flexibility index (Phi) is 4.31. The Balaban J connectivity index is 2.03. The van der Waals surface area contributed by atoms with Crippen molar-refractivity contribution >= 4 is 11.5 Å². The van der Waals surface area contributed by atoms with Gasteiger partial charge in [0.1, 0.15) is 0 Å². The molecule has 104 valence electrons. The summed E-state index contributed by atoms with van der Waals surface area (Å²) in [5.41, 5.74) is 0.731. The number of piperidine rings is 1.